The zero-order chi connectivity index (χ0) is 15.5. The van der Waals surface area contributed by atoms with Gasteiger partial charge in [0.05, 0.1) is 17.4 Å². The van der Waals surface area contributed by atoms with Gasteiger partial charge >= 0.3 is 5.97 Å². The van der Waals surface area contributed by atoms with Crippen LogP contribution in [0.15, 0.2) is 23.1 Å². The molecule has 10 heteroatoms. The largest absolute Gasteiger partial charge is 0.481 e. The first kappa shape index (κ1) is 16.0. The summed E-state index contributed by atoms with van der Waals surface area (Å²) in [6.07, 6.45) is -0.478. The summed E-state index contributed by atoms with van der Waals surface area (Å²) in [6, 6.07) is 1.13. The van der Waals surface area contributed by atoms with Gasteiger partial charge in [0.2, 0.25) is 10.0 Å². The van der Waals surface area contributed by atoms with Crippen molar-refractivity contribution in [3.05, 3.63) is 34.1 Å². The first-order valence-corrected chi connectivity index (χ1v) is 6.80. The molecule has 0 aliphatic rings. The summed E-state index contributed by atoms with van der Waals surface area (Å²) in [5.41, 5.74) is -0.583. The van der Waals surface area contributed by atoms with Crippen LogP contribution in [-0.2, 0) is 14.8 Å². The number of aliphatic carboxylic acids is 1. The second-order valence-electron chi connectivity index (χ2n) is 3.99. The van der Waals surface area contributed by atoms with E-state index in [1.807, 2.05) is 4.72 Å². The third kappa shape index (κ3) is 3.96. The summed E-state index contributed by atoms with van der Waals surface area (Å²) in [5.74, 6) is -2.50. The Morgan fingerprint density at radius 2 is 2.15 bits per heavy atom. The summed E-state index contributed by atoms with van der Waals surface area (Å²) < 4.78 is 39.2. The van der Waals surface area contributed by atoms with E-state index < -0.39 is 49.8 Å². The number of carbonyl (C=O) groups is 1. The summed E-state index contributed by atoms with van der Waals surface area (Å²) >= 11 is 0. The molecule has 0 heterocycles. The highest BCUT2D eigenvalue weighted by atomic mass is 32.2. The van der Waals surface area contributed by atoms with Crippen LogP contribution >= 0.6 is 0 Å². The molecule has 20 heavy (non-hydrogen) atoms. The van der Waals surface area contributed by atoms with Gasteiger partial charge in [-0.3, -0.25) is 14.9 Å². The number of carboxylic acid groups (broad SMARTS) is 1. The molecule has 110 valence electrons. The summed E-state index contributed by atoms with van der Waals surface area (Å²) in [6.45, 7) is 1.30. The fourth-order valence-corrected chi connectivity index (χ4v) is 2.76. The molecule has 2 N–H and O–H groups in total. The van der Waals surface area contributed by atoms with E-state index in [0.29, 0.717) is 6.07 Å². The van der Waals surface area contributed by atoms with Crippen molar-refractivity contribution in [3.63, 3.8) is 0 Å². The topological polar surface area (TPSA) is 127 Å². The summed E-state index contributed by atoms with van der Waals surface area (Å²) in [5, 5.41) is 18.9. The molecule has 0 spiro atoms. The van der Waals surface area contributed by atoms with E-state index in [-0.39, 0.29) is 0 Å². The van der Waals surface area contributed by atoms with Crippen LogP contribution in [0.3, 0.4) is 0 Å². The number of benzene rings is 1. The van der Waals surface area contributed by atoms with Crippen molar-refractivity contribution in [2.45, 2.75) is 24.3 Å². The number of hydrogen-bond acceptors (Lipinski definition) is 5. The molecule has 0 aliphatic heterocycles. The minimum absolute atomic E-state index is 0.478. The fourth-order valence-electron chi connectivity index (χ4n) is 1.45. The van der Waals surface area contributed by atoms with Gasteiger partial charge in [-0.25, -0.2) is 17.5 Å². The van der Waals surface area contributed by atoms with Crippen molar-refractivity contribution < 1.29 is 27.6 Å². The van der Waals surface area contributed by atoms with Gasteiger partial charge in [0.1, 0.15) is 10.7 Å². The van der Waals surface area contributed by atoms with Crippen molar-refractivity contribution >= 4 is 21.7 Å². The maximum Gasteiger partial charge on any atom is 0.304 e. The van der Waals surface area contributed by atoms with Crippen molar-refractivity contribution in [1.29, 1.82) is 0 Å². The smallest absolute Gasteiger partial charge is 0.304 e. The molecule has 0 aromatic heterocycles. The number of non-ortho nitro benzene ring substituents is 1. The number of nitrogens with one attached hydrogen (secondary N) is 1. The standard InChI is InChI=1S/C10H11FN2O6S/c1-6(4-10(14)15)12-20(18,19)9-3-2-7(13(16)17)5-8(9)11/h2-3,5-6,12H,4H2,1H3,(H,14,15). The predicted octanol–water partition coefficient (Wildman–Crippen LogP) is 0.875. The molecule has 0 aliphatic carbocycles. The average Bonchev–Trinajstić information content (AvgIpc) is 2.25. The highest BCUT2D eigenvalue weighted by molar-refractivity contribution is 7.89. The highest BCUT2D eigenvalue weighted by Crippen LogP contribution is 2.20. The molecular formula is C10H11FN2O6S. The second kappa shape index (κ2) is 5.92. The lowest BCUT2D eigenvalue weighted by Gasteiger charge is -2.12. The molecule has 0 bridgehead atoms. The number of carboxylic acids is 1. The van der Waals surface area contributed by atoms with Crippen LogP contribution < -0.4 is 4.72 Å². The normalized spacial score (nSPS) is 12.9. The Morgan fingerprint density at radius 3 is 2.60 bits per heavy atom. The maximum absolute atomic E-state index is 13.6. The number of nitrogens with zero attached hydrogens (tertiary/aromatic N) is 1. The molecule has 1 aromatic carbocycles. The summed E-state index contributed by atoms with van der Waals surface area (Å²) in [7, 11) is -4.29. The van der Waals surface area contributed by atoms with Gasteiger partial charge in [-0.2, -0.15) is 0 Å². The van der Waals surface area contributed by atoms with Crippen LogP contribution in [0.25, 0.3) is 0 Å². The van der Waals surface area contributed by atoms with Gasteiger partial charge in [-0.1, -0.05) is 0 Å². The van der Waals surface area contributed by atoms with Gasteiger partial charge in [0, 0.05) is 12.1 Å². The van der Waals surface area contributed by atoms with E-state index in [1.165, 1.54) is 6.92 Å². The minimum atomic E-state index is -4.29. The van der Waals surface area contributed by atoms with Gasteiger partial charge in [-0.15, -0.1) is 0 Å². The van der Waals surface area contributed by atoms with Crippen molar-refractivity contribution in [2.24, 2.45) is 0 Å². The monoisotopic (exact) mass is 306 g/mol. The van der Waals surface area contributed by atoms with E-state index >= 15 is 0 Å². The number of nitro benzene ring substituents is 1. The van der Waals surface area contributed by atoms with Crippen molar-refractivity contribution in [3.8, 4) is 0 Å². The molecule has 1 aromatic rings. The van der Waals surface area contributed by atoms with Crippen LogP contribution in [0, 0.1) is 15.9 Å². The lowest BCUT2D eigenvalue weighted by atomic mass is 10.3. The molecule has 1 unspecified atom stereocenters. The van der Waals surface area contributed by atoms with Gasteiger partial charge in [0.25, 0.3) is 5.69 Å². The van der Waals surface area contributed by atoms with Gasteiger partial charge in [-0.05, 0) is 13.0 Å². The van der Waals surface area contributed by atoms with Gasteiger partial charge in [0.15, 0.2) is 0 Å². The molecule has 1 atom stereocenters. The summed E-state index contributed by atoms with van der Waals surface area (Å²) in [4.78, 5) is 19.2. The Morgan fingerprint density at radius 1 is 1.55 bits per heavy atom. The van der Waals surface area contributed by atoms with Crippen molar-refractivity contribution in [2.75, 3.05) is 0 Å². The van der Waals surface area contributed by atoms with Crippen LogP contribution in [0.4, 0.5) is 10.1 Å². The van der Waals surface area contributed by atoms with Gasteiger partial charge < -0.3 is 5.11 Å². The zero-order valence-corrected chi connectivity index (χ0v) is 11.1. The van der Waals surface area contributed by atoms with Crippen LogP contribution in [0.5, 0.6) is 0 Å². The van der Waals surface area contributed by atoms with E-state index in [0.717, 1.165) is 12.1 Å². The quantitative estimate of drug-likeness (QED) is 0.593. The number of rotatable bonds is 6. The molecule has 0 saturated carbocycles. The first-order chi connectivity index (χ1) is 9.13. The third-order valence-corrected chi connectivity index (χ3v) is 3.88. The average molecular weight is 306 g/mol. The van der Waals surface area contributed by atoms with Crippen LogP contribution in [0.1, 0.15) is 13.3 Å². The number of hydrogen-bond donors (Lipinski definition) is 2. The van der Waals surface area contributed by atoms with Crippen LogP contribution in [0.2, 0.25) is 0 Å². The van der Waals surface area contributed by atoms with E-state index in [2.05, 4.69) is 0 Å². The minimum Gasteiger partial charge on any atom is -0.481 e. The van der Waals surface area contributed by atoms with E-state index in [1.54, 1.807) is 0 Å². The molecule has 0 radical (unpaired) electrons. The highest BCUT2D eigenvalue weighted by Gasteiger charge is 2.24. The Kier molecular flexibility index (Phi) is 4.73. The molecule has 8 nitrogen and oxygen atoms in total. The van der Waals surface area contributed by atoms with E-state index in [9.17, 15) is 27.7 Å². The Labute approximate surface area is 113 Å². The first-order valence-electron chi connectivity index (χ1n) is 5.31. The lowest BCUT2D eigenvalue weighted by Crippen LogP contribution is -2.34. The molecule has 0 amide bonds. The number of nitro groups is 1. The molecule has 1 rings (SSSR count). The van der Waals surface area contributed by atoms with E-state index in [4.69, 9.17) is 5.11 Å². The number of halogens is 1. The number of sulfonamides is 1. The van der Waals surface area contributed by atoms with Crippen molar-refractivity contribution in [1.82, 2.24) is 4.72 Å². The SMILES string of the molecule is CC(CC(=O)O)NS(=O)(=O)c1ccc([N+](=O)[O-])cc1F. The maximum atomic E-state index is 13.6. The fraction of sp³-hybridized carbons (Fsp3) is 0.300. The molecular weight excluding hydrogens is 295 g/mol. The lowest BCUT2D eigenvalue weighted by molar-refractivity contribution is -0.385. The third-order valence-electron chi connectivity index (χ3n) is 2.25. The zero-order valence-electron chi connectivity index (χ0n) is 10.2. The molecule has 0 saturated heterocycles. The molecule has 0 fully saturated rings. The Hall–Kier alpha value is -2.07. The second-order valence-corrected chi connectivity index (χ2v) is 5.67. The van der Waals surface area contributed by atoms with Crippen LogP contribution in [-0.4, -0.2) is 30.5 Å². The Bertz CT molecular complexity index is 645. The Balaban J connectivity index is 3.04. The predicted molar refractivity (Wildman–Crippen MR) is 65.1 cm³/mol.